The average Bonchev–Trinajstić information content (AvgIpc) is 3.14. The van der Waals surface area contributed by atoms with E-state index in [1.54, 1.807) is 35.7 Å². The summed E-state index contributed by atoms with van der Waals surface area (Å²) in [5, 5.41) is 10.9. The number of thiophene rings is 1. The van der Waals surface area contributed by atoms with E-state index < -0.39 is 23.1 Å². The molecule has 0 spiro atoms. The van der Waals surface area contributed by atoms with Crippen molar-refractivity contribution in [2.75, 3.05) is 0 Å². The van der Waals surface area contributed by atoms with E-state index in [-0.39, 0.29) is 16.5 Å². The molecule has 2 nitrogen and oxygen atoms in total. The van der Waals surface area contributed by atoms with Gasteiger partial charge < -0.3 is 0 Å². The molecule has 3 rings (SSSR count). The molecular formula is C18H10F4N2S2. The van der Waals surface area contributed by atoms with Crippen molar-refractivity contribution in [2.24, 2.45) is 0 Å². The highest BCUT2D eigenvalue weighted by Crippen LogP contribution is 2.39. The molecule has 2 aromatic heterocycles. The van der Waals surface area contributed by atoms with Crippen LogP contribution in [0.4, 0.5) is 17.6 Å². The Morgan fingerprint density at radius 1 is 1.15 bits per heavy atom. The van der Waals surface area contributed by atoms with Gasteiger partial charge in [-0.05, 0) is 29.1 Å². The lowest BCUT2D eigenvalue weighted by atomic mass is 10.1. The van der Waals surface area contributed by atoms with Crippen molar-refractivity contribution in [2.45, 2.75) is 17.0 Å². The maximum Gasteiger partial charge on any atom is 0.417 e. The van der Waals surface area contributed by atoms with E-state index in [1.165, 1.54) is 23.5 Å². The molecule has 0 N–H and O–H groups in total. The number of benzene rings is 1. The molecule has 8 heteroatoms. The van der Waals surface area contributed by atoms with Gasteiger partial charge in [-0.25, -0.2) is 9.37 Å². The first-order valence-electron chi connectivity index (χ1n) is 7.32. The topological polar surface area (TPSA) is 36.7 Å². The van der Waals surface area contributed by atoms with Gasteiger partial charge in [0.2, 0.25) is 0 Å². The Morgan fingerprint density at radius 3 is 2.54 bits per heavy atom. The predicted octanol–water partition coefficient (Wildman–Crippen LogP) is 6.13. The van der Waals surface area contributed by atoms with Gasteiger partial charge in [-0.15, -0.1) is 23.1 Å². The van der Waals surface area contributed by atoms with Gasteiger partial charge in [-0.2, -0.15) is 18.4 Å². The summed E-state index contributed by atoms with van der Waals surface area (Å²) in [7, 11) is 0. The largest absolute Gasteiger partial charge is 0.417 e. The van der Waals surface area contributed by atoms with Gasteiger partial charge in [0.15, 0.2) is 0 Å². The monoisotopic (exact) mass is 394 g/mol. The van der Waals surface area contributed by atoms with Gasteiger partial charge in [0.1, 0.15) is 16.9 Å². The Kier molecular flexibility index (Phi) is 5.30. The smallest absolute Gasteiger partial charge is 0.239 e. The lowest BCUT2D eigenvalue weighted by Gasteiger charge is -2.13. The number of hydrogen-bond donors (Lipinski definition) is 0. The maximum absolute atomic E-state index is 13.8. The summed E-state index contributed by atoms with van der Waals surface area (Å²) in [6, 6.07) is 11.8. The Hall–Kier alpha value is -2.37. The fourth-order valence-electron chi connectivity index (χ4n) is 2.27. The van der Waals surface area contributed by atoms with Gasteiger partial charge in [-0.3, -0.25) is 0 Å². The van der Waals surface area contributed by atoms with Crippen LogP contribution in [-0.2, 0) is 11.9 Å². The Bertz CT molecular complexity index is 960. The third-order valence-corrected chi connectivity index (χ3v) is 5.42. The fourth-order valence-corrected chi connectivity index (χ4v) is 3.95. The van der Waals surface area contributed by atoms with Gasteiger partial charge in [0, 0.05) is 5.75 Å². The van der Waals surface area contributed by atoms with Crippen molar-refractivity contribution in [1.82, 2.24) is 4.98 Å². The van der Waals surface area contributed by atoms with E-state index >= 15 is 0 Å². The molecule has 0 radical (unpaired) electrons. The van der Waals surface area contributed by atoms with Gasteiger partial charge in [-0.1, -0.05) is 24.3 Å². The Balaban J connectivity index is 2.06. The molecule has 0 saturated carbocycles. The molecule has 0 fully saturated rings. The fraction of sp³-hybridized carbons (Fsp3) is 0.111. The SMILES string of the molecule is N#Cc1c(C(F)(F)F)cc(-c2cccs2)nc1SCc1ccccc1F. The first-order valence-corrected chi connectivity index (χ1v) is 9.19. The van der Waals surface area contributed by atoms with E-state index in [2.05, 4.69) is 4.98 Å². The number of aromatic nitrogens is 1. The summed E-state index contributed by atoms with van der Waals surface area (Å²) in [6.07, 6.45) is -4.69. The van der Waals surface area contributed by atoms with Crippen LogP contribution >= 0.6 is 23.1 Å². The van der Waals surface area contributed by atoms with Gasteiger partial charge in [0.05, 0.1) is 21.7 Å². The molecule has 0 aliphatic rings. The molecule has 132 valence electrons. The minimum Gasteiger partial charge on any atom is -0.239 e. The third kappa shape index (κ3) is 3.89. The highest BCUT2D eigenvalue weighted by atomic mass is 32.2. The summed E-state index contributed by atoms with van der Waals surface area (Å²) < 4.78 is 54.0. The molecule has 0 atom stereocenters. The van der Waals surface area contributed by atoms with Crippen LogP contribution in [0.1, 0.15) is 16.7 Å². The van der Waals surface area contributed by atoms with Crippen molar-refractivity contribution < 1.29 is 17.6 Å². The van der Waals surface area contributed by atoms with E-state index in [0.29, 0.717) is 10.4 Å². The third-order valence-electron chi connectivity index (χ3n) is 3.50. The second-order valence-corrected chi connectivity index (χ2v) is 7.11. The quantitative estimate of drug-likeness (QED) is 0.394. The standard InChI is InChI=1S/C18H10F4N2S2/c19-14-5-2-1-4-11(14)10-26-17-12(9-23)13(18(20,21)22)8-15(24-17)16-6-3-7-25-16/h1-8H,10H2. The normalized spacial score (nSPS) is 11.3. The average molecular weight is 394 g/mol. The van der Waals surface area contributed by atoms with Gasteiger partial charge >= 0.3 is 6.18 Å². The number of nitriles is 1. The predicted molar refractivity (Wildman–Crippen MR) is 93.2 cm³/mol. The molecule has 2 heterocycles. The molecule has 26 heavy (non-hydrogen) atoms. The number of pyridine rings is 1. The van der Waals surface area contributed by atoms with Crippen LogP contribution in [0.25, 0.3) is 10.6 Å². The molecule has 0 amide bonds. The molecule has 1 aromatic carbocycles. The van der Waals surface area contributed by atoms with E-state index in [4.69, 9.17) is 0 Å². The van der Waals surface area contributed by atoms with Crippen molar-refractivity contribution >= 4 is 23.1 Å². The zero-order valence-electron chi connectivity index (χ0n) is 13.0. The first-order chi connectivity index (χ1) is 12.4. The highest BCUT2D eigenvalue weighted by molar-refractivity contribution is 7.98. The lowest BCUT2D eigenvalue weighted by Crippen LogP contribution is -2.10. The molecule has 0 saturated heterocycles. The number of alkyl halides is 3. The molecule has 0 aliphatic carbocycles. The van der Waals surface area contributed by atoms with Crippen LogP contribution in [0.3, 0.4) is 0 Å². The zero-order valence-corrected chi connectivity index (χ0v) is 14.7. The van der Waals surface area contributed by atoms with E-state index in [0.717, 1.165) is 17.8 Å². The van der Waals surface area contributed by atoms with Crippen molar-refractivity contribution in [3.8, 4) is 16.6 Å². The summed E-state index contributed by atoms with van der Waals surface area (Å²) in [6.45, 7) is 0. The zero-order chi connectivity index (χ0) is 18.7. The number of halogens is 4. The van der Waals surface area contributed by atoms with Gasteiger partial charge in [0.25, 0.3) is 0 Å². The van der Waals surface area contributed by atoms with Crippen LogP contribution < -0.4 is 0 Å². The van der Waals surface area contributed by atoms with Crippen LogP contribution in [-0.4, -0.2) is 4.98 Å². The van der Waals surface area contributed by atoms with Crippen LogP contribution in [0, 0.1) is 17.1 Å². The number of nitrogens with zero attached hydrogens (tertiary/aromatic N) is 2. The lowest BCUT2D eigenvalue weighted by molar-refractivity contribution is -0.138. The van der Waals surface area contributed by atoms with Crippen LogP contribution in [0.5, 0.6) is 0 Å². The van der Waals surface area contributed by atoms with Crippen molar-refractivity contribution in [1.29, 1.82) is 5.26 Å². The van der Waals surface area contributed by atoms with Crippen LogP contribution in [0.2, 0.25) is 0 Å². The second-order valence-electron chi connectivity index (χ2n) is 5.20. The van der Waals surface area contributed by atoms with E-state index in [9.17, 15) is 22.8 Å². The number of rotatable bonds is 4. The van der Waals surface area contributed by atoms with E-state index in [1.807, 2.05) is 0 Å². The Morgan fingerprint density at radius 2 is 1.92 bits per heavy atom. The van der Waals surface area contributed by atoms with Crippen LogP contribution in [0.15, 0.2) is 52.9 Å². The molecule has 0 bridgehead atoms. The summed E-state index contributed by atoms with van der Waals surface area (Å²) >= 11 is 2.16. The summed E-state index contributed by atoms with van der Waals surface area (Å²) in [5.74, 6) is -0.386. The number of hydrogen-bond acceptors (Lipinski definition) is 4. The number of thioether (sulfide) groups is 1. The van der Waals surface area contributed by atoms with Crippen molar-refractivity contribution in [3.63, 3.8) is 0 Å². The first kappa shape index (κ1) is 18.4. The summed E-state index contributed by atoms with van der Waals surface area (Å²) in [5.41, 5.74) is -1.10. The molecule has 0 unspecified atom stereocenters. The molecule has 0 aliphatic heterocycles. The minimum absolute atomic E-state index is 0.0611. The Labute approximate surface area is 155 Å². The molecule has 3 aromatic rings. The minimum atomic E-state index is -4.69. The second kappa shape index (κ2) is 7.48. The molecular weight excluding hydrogens is 384 g/mol. The highest BCUT2D eigenvalue weighted by Gasteiger charge is 2.36. The maximum atomic E-state index is 13.8. The van der Waals surface area contributed by atoms with Crippen molar-refractivity contribution in [3.05, 3.63) is 70.4 Å². The summed E-state index contributed by atoms with van der Waals surface area (Å²) in [4.78, 5) is 4.80.